The van der Waals surface area contributed by atoms with Gasteiger partial charge in [-0.25, -0.2) is 0 Å². The fourth-order valence-electron chi connectivity index (χ4n) is 2.70. The summed E-state index contributed by atoms with van der Waals surface area (Å²) in [6, 6.07) is 15.6. The lowest BCUT2D eigenvalue weighted by Crippen LogP contribution is -2.31. The van der Waals surface area contributed by atoms with E-state index in [-0.39, 0.29) is 11.4 Å². The molecule has 2 aliphatic rings. The number of fused-ring (bicyclic) bond motifs is 3. The maximum Gasteiger partial charge on any atom is 0.267 e. The van der Waals surface area contributed by atoms with Crippen LogP contribution in [0.2, 0.25) is 0 Å². The second kappa shape index (κ2) is 5.10. The molecule has 4 nitrogen and oxygen atoms in total. The van der Waals surface area contributed by atoms with E-state index < -0.39 is 0 Å². The lowest BCUT2D eigenvalue weighted by atomic mass is 10.2. The van der Waals surface area contributed by atoms with E-state index in [2.05, 4.69) is 5.32 Å². The molecule has 5 heteroatoms. The van der Waals surface area contributed by atoms with Gasteiger partial charge in [-0.05, 0) is 35.9 Å². The minimum atomic E-state index is -0.0539. The first-order valence-corrected chi connectivity index (χ1v) is 7.86. The number of ether oxygens (including phenoxy) is 1. The highest BCUT2D eigenvalue weighted by atomic mass is 32.2. The molecule has 1 amide bonds. The van der Waals surface area contributed by atoms with E-state index >= 15 is 0 Å². The van der Waals surface area contributed by atoms with Crippen molar-refractivity contribution in [2.45, 2.75) is 5.50 Å². The Labute approximate surface area is 132 Å². The number of nitrogens with zero attached hydrogens (tertiary/aromatic N) is 1. The quantitative estimate of drug-likeness (QED) is 0.862. The highest BCUT2D eigenvalue weighted by molar-refractivity contribution is 8.05. The molecule has 0 saturated carbocycles. The zero-order valence-corrected chi connectivity index (χ0v) is 12.8. The van der Waals surface area contributed by atoms with Gasteiger partial charge in [0.1, 0.15) is 5.75 Å². The molecule has 110 valence electrons. The summed E-state index contributed by atoms with van der Waals surface area (Å²) in [5, 5.41) is 3.37. The van der Waals surface area contributed by atoms with Crippen LogP contribution >= 0.6 is 11.8 Å². The predicted molar refractivity (Wildman–Crippen MR) is 89.9 cm³/mol. The number of hydrogen-bond acceptors (Lipinski definition) is 4. The van der Waals surface area contributed by atoms with Gasteiger partial charge in [0.2, 0.25) is 0 Å². The van der Waals surface area contributed by atoms with Gasteiger partial charge < -0.3 is 10.1 Å². The zero-order valence-electron chi connectivity index (χ0n) is 11.9. The van der Waals surface area contributed by atoms with Gasteiger partial charge in [0.25, 0.3) is 5.91 Å². The Kier molecular flexibility index (Phi) is 3.08. The van der Waals surface area contributed by atoms with Crippen LogP contribution < -0.4 is 15.0 Å². The van der Waals surface area contributed by atoms with E-state index in [4.69, 9.17) is 4.74 Å². The monoisotopic (exact) mass is 310 g/mol. The molecule has 2 aliphatic heterocycles. The van der Waals surface area contributed by atoms with E-state index in [0.29, 0.717) is 0 Å². The first-order valence-electron chi connectivity index (χ1n) is 6.98. The molecule has 2 aromatic rings. The van der Waals surface area contributed by atoms with Crippen molar-refractivity contribution >= 4 is 35.1 Å². The van der Waals surface area contributed by atoms with Crippen molar-refractivity contribution in [2.24, 2.45) is 0 Å². The molecule has 1 N–H and O–H groups in total. The van der Waals surface area contributed by atoms with E-state index in [1.54, 1.807) is 7.11 Å². The highest BCUT2D eigenvalue weighted by Crippen LogP contribution is 2.46. The first kappa shape index (κ1) is 13.3. The number of nitrogens with one attached hydrogen (secondary N) is 1. The molecule has 0 aromatic heterocycles. The molecule has 1 saturated heterocycles. The summed E-state index contributed by atoms with van der Waals surface area (Å²) in [4.78, 5) is 15.2. The number of para-hydroxylation sites is 2. The third-order valence-corrected chi connectivity index (χ3v) is 4.84. The Balaban J connectivity index is 1.67. The molecule has 0 unspecified atom stereocenters. The summed E-state index contributed by atoms with van der Waals surface area (Å²) < 4.78 is 5.22. The van der Waals surface area contributed by atoms with Crippen molar-refractivity contribution in [3.63, 3.8) is 0 Å². The number of anilines is 2. The molecule has 1 atom stereocenters. The van der Waals surface area contributed by atoms with E-state index in [9.17, 15) is 4.79 Å². The molecule has 1 fully saturated rings. The average Bonchev–Trinajstić information content (AvgIpc) is 3.05. The highest BCUT2D eigenvalue weighted by Gasteiger charge is 2.42. The van der Waals surface area contributed by atoms with Gasteiger partial charge in [-0.15, -0.1) is 0 Å². The Morgan fingerprint density at radius 2 is 2.09 bits per heavy atom. The third kappa shape index (κ3) is 2.05. The molecular weight excluding hydrogens is 296 g/mol. The number of thioether (sulfide) groups is 1. The summed E-state index contributed by atoms with van der Waals surface area (Å²) in [5.41, 5.74) is 2.86. The number of rotatable bonds is 2. The molecule has 4 rings (SSSR count). The standard InChI is InChI=1S/C17H14N2O2S/c1-21-12-6-4-5-11(9-12)10-15-16(20)19-14-8-3-2-7-13(14)18-17(19)22-15/h2-10,17-18H,1H3/b15-10-/t17-/m1/s1. The second-order valence-corrected chi connectivity index (χ2v) is 6.21. The van der Waals surface area contributed by atoms with Gasteiger partial charge in [-0.1, -0.05) is 36.0 Å². The zero-order chi connectivity index (χ0) is 15.1. The number of amides is 1. The van der Waals surface area contributed by atoms with Crippen molar-refractivity contribution in [1.29, 1.82) is 0 Å². The molecule has 0 radical (unpaired) electrons. The largest absolute Gasteiger partial charge is 0.497 e. The predicted octanol–water partition coefficient (Wildman–Crippen LogP) is 3.53. The van der Waals surface area contributed by atoms with Gasteiger partial charge in [0, 0.05) is 0 Å². The van der Waals surface area contributed by atoms with Crippen LogP contribution in [-0.4, -0.2) is 18.5 Å². The number of hydrogen-bond donors (Lipinski definition) is 1. The van der Waals surface area contributed by atoms with Crippen molar-refractivity contribution in [1.82, 2.24) is 0 Å². The molecule has 2 aromatic carbocycles. The van der Waals surface area contributed by atoms with Gasteiger partial charge in [0.15, 0.2) is 5.50 Å². The summed E-state index contributed by atoms with van der Waals surface area (Å²) in [6.07, 6.45) is 1.91. The second-order valence-electron chi connectivity index (χ2n) is 5.09. The van der Waals surface area contributed by atoms with Crippen LogP contribution in [0.4, 0.5) is 11.4 Å². The van der Waals surface area contributed by atoms with Gasteiger partial charge in [-0.3, -0.25) is 9.69 Å². The van der Waals surface area contributed by atoms with Crippen LogP contribution in [0.3, 0.4) is 0 Å². The Hall–Kier alpha value is -2.40. The maximum absolute atomic E-state index is 12.7. The SMILES string of the molecule is COc1cccc(/C=C2\S[C@@H]3Nc4ccccc4N3C2=O)c1. The Morgan fingerprint density at radius 1 is 1.23 bits per heavy atom. The van der Waals surface area contributed by atoms with Crippen LogP contribution in [0, 0.1) is 0 Å². The van der Waals surface area contributed by atoms with E-state index in [0.717, 1.165) is 27.6 Å². The number of carbonyl (C=O) groups excluding carboxylic acids is 1. The van der Waals surface area contributed by atoms with Gasteiger partial charge in [0.05, 0.1) is 23.4 Å². The topological polar surface area (TPSA) is 41.6 Å². The number of benzene rings is 2. The van der Waals surface area contributed by atoms with Crippen LogP contribution in [0.5, 0.6) is 5.75 Å². The van der Waals surface area contributed by atoms with Crippen LogP contribution in [0.25, 0.3) is 6.08 Å². The molecule has 0 bridgehead atoms. The van der Waals surface area contributed by atoms with Crippen molar-refractivity contribution in [2.75, 3.05) is 17.3 Å². The van der Waals surface area contributed by atoms with E-state index in [1.807, 2.05) is 59.5 Å². The molecule has 0 spiro atoms. The minimum Gasteiger partial charge on any atom is -0.497 e. The lowest BCUT2D eigenvalue weighted by Gasteiger charge is -2.12. The molecular formula is C17H14N2O2S. The summed E-state index contributed by atoms with van der Waals surface area (Å²) in [6.45, 7) is 0. The summed E-state index contributed by atoms with van der Waals surface area (Å²) in [7, 11) is 1.64. The maximum atomic E-state index is 12.7. The number of methoxy groups -OCH3 is 1. The van der Waals surface area contributed by atoms with Crippen LogP contribution in [-0.2, 0) is 4.79 Å². The van der Waals surface area contributed by atoms with Gasteiger partial charge in [-0.2, -0.15) is 0 Å². The summed E-state index contributed by atoms with van der Waals surface area (Å²) >= 11 is 1.54. The third-order valence-electron chi connectivity index (χ3n) is 3.74. The average molecular weight is 310 g/mol. The Bertz CT molecular complexity index is 788. The van der Waals surface area contributed by atoms with E-state index in [1.165, 1.54) is 11.8 Å². The van der Waals surface area contributed by atoms with Crippen LogP contribution in [0.15, 0.2) is 53.4 Å². The first-order chi connectivity index (χ1) is 10.8. The van der Waals surface area contributed by atoms with Gasteiger partial charge >= 0.3 is 0 Å². The lowest BCUT2D eigenvalue weighted by molar-refractivity contribution is -0.114. The summed E-state index contributed by atoms with van der Waals surface area (Å²) in [5.74, 6) is 0.823. The minimum absolute atomic E-state index is 0.0373. The van der Waals surface area contributed by atoms with Crippen molar-refractivity contribution in [3.05, 3.63) is 59.0 Å². The normalized spacial score (nSPS) is 20.8. The van der Waals surface area contributed by atoms with Crippen molar-refractivity contribution in [3.8, 4) is 5.75 Å². The molecule has 0 aliphatic carbocycles. The molecule has 2 heterocycles. The smallest absolute Gasteiger partial charge is 0.267 e. The van der Waals surface area contributed by atoms with Crippen molar-refractivity contribution < 1.29 is 9.53 Å². The molecule has 22 heavy (non-hydrogen) atoms. The number of carbonyl (C=O) groups is 1. The Morgan fingerprint density at radius 3 is 2.95 bits per heavy atom. The van der Waals surface area contributed by atoms with Crippen LogP contribution in [0.1, 0.15) is 5.56 Å². The fourth-order valence-corrected chi connectivity index (χ4v) is 3.84. The fraction of sp³-hybridized carbons (Fsp3) is 0.118.